The summed E-state index contributed by atoms with van der Waals surface area (Å²) in [6, 6.07) is 10.00. The summed E-state index contributed by atoms with van der Waals surface area (Å²) in [5.74, 6) is 1.52. The summed E-state index contributed by atoms with van der Waals surface area (Å²) in [4.78, 5) is 30.9. The predicted molar refractivity (Wildman–Crippen MR) is 140 cm³/mol. The fraction of sp³-hybridized carbons (Fsp3) is 0.481. The van der Waals surface area contributed by atoms with Crippen molar-refractivity contribution in [3.8, 4) is 0 Å². The van der Waals surface area contributed by atoms with Gasteiger partial charge in [0.15, 0.2) is 0 Å². The molecule has 0 aliphatic heterocycles. The summed E-state index contributed by atoms with van der Waals surface area (Å²) in [5, 5.41) is 0.723. The molecule has 3 rings (SSSR count). The Hall–Kier alpha value is -1.82. The second-order valence-corrected chi connectivity index (χ2v) is 10.1. The van der Waals surface area contributed by atoms with Crippen molar-refractivity contribution in [2.45, 2.75) is 57.8 Å². The first kappa shape index (κ1) is 25.8. The number of rotatable bonds is 11. The molecule has 0 saturated heterocycles. The Morgan fingerprint density at radius 1 is 1.18 bits per heavy atom. The SMILES string of the molecule is CCc1ccc(/C(=C\[C@H]2CCC(=O)C2)c2ccc(SCCCN(CC)CC)c(Cl)c2)[nH]c1=O. The molecule has 4 nitrogen and oxygen atoms in total. The molecule has 1 aliphatic carbocycles. The Labute approximate surface area is 206 Å². The number of nitrogens with zero attached hydrogens (tertiary/aromatic N) is 1. The third-order valence-corrected chi connectivity index (χ3v) is 7.95. The van der Waals surface area contributed by atoms with E-state index in [-0.39, 0.29) is 11.5 Å². The molecule has 0 radical (unpaired) electrons. The van der Waals surface area contributed by atoms with Gasteiger partial charge in [0.2, 0.25) is 0 Å². The molecule has 0 spiro atoms. The first-order valence-electron chi connectivity index (χ1n) is 12.1. The molecule has 1 heterocycles. The lowest BCUT2D eigenvalue weighted by molar-refractivity contribution is -0.117. The number of thioether (sulfide) groups is 1. The molecule has 1 N–H and O–H groups in total. The molecule has 1 aliphatic rings. The third kappa shape index (κ3) is 7.08. The zero-order valence-corrected chi connectivity index (χ0v) is 21.5. The van der Waals surface area contributed by atoms with Gasteiger partial charge in [-0.25, -0.2) is 0 Å². The minimum Gasteiger partial charge on any atom is -0.322 e. The van der Waals surface area contributed by atoms with E-state index < -0.39 is 0 Å². The molecule has 2 aromatic rings. The maximum absolute atomic E-state index is 12.5. The molecule has 0 unspecified atom stereocenters. The number of halogens is 1. The molecule has 1 saturated carbocycles. The van der Waals surface area contributed by atoms with Gasteiger partial charge in [0, 0.05) is 34.6 Å². The summed E-state index contributed by atoms with van der Waals surface area (Å²) in [6.07, 6.45) is 6.00. The maximum Gasteiger partial charge on any atom is 0.251 e. The van der Waals surface area contributed by atoms with E-state index in [1.807, 2.05) is 25.1 Å². The zero-order chi connectivity index (χ0) is 23.8. The van der Waals surface area contributed by atoms with Gasteiger partial charge in [-0.05, 0) is 74.3 Å². The highest BCUT2D eigenvalue weighted by molar-refractivity contribution is 7.99. The van der Waals surface area contributed by atoms with E-state index in [2.05, 4.69) is 41.9 Å². The van der Waals surface area contributed by atoms with Crippen molar-refractivity contribution in [2.75, 3.05) is 25.4 Å². The van der Waals surface area contributed by atoms with Crippen molar-refractivity contribution in [2.24, 2.45) is 5.92 Å². The molecule has 0 bridgehead atoms. The zero-order valence-electron chi connectivity index (χ0n) is 20.0. The van der Waals surface area contributed by atoms with Gasteiger partial charge in [-0.3, -0.25) is 9.59 Å². The van der Waals surface area contributed by atoms with E-state index >= 15 is 0 Å². The normalized spacial score (nSPS) is 16.7. The van der Waals surface area contributed by atoms with Crippen LogP contribution in [0.4, 0.5) is 0 Å². The van der Waals surface area contributed by atoms with Gasteiger partial charge in [0.05, 0.1) is 5.02 Å². The summed E-state index contributed by atoms with van der Waals surface area (Å²) in [6.45, 7) is 9.64. The number of Topliss-reactive ketones (excluding diaryl/α,β-unsaturated/α-hetero) is 1. The first-order valence-corrected chi connectivity index (χ1v) is 13.4. The summed E-state index contributed by atoms with van der Waals surface area (Å²) in [7, 11) is 0. The summed E-state index contributed by atoms with van der Waals surface area (Å²) >= 11 is 8.48. The lowest BCUT2D eigenvalue weighted by Crippen LogP contribution is -2.24. The van der Waals surface area contributed by atoms with E-state index in [9.17, 15) is 9.59 Å². The molecule has 6 heteroatoms. The fourth-order valence-electron chi connectivity index (χ4n) is 4.30. The van der Waals surface area contributed by atoms with Gasteiger partial charge in [0.1, 0.15) is 5.78 Å². The number of aryl methyl sites for hydroxylation is 1. The van der Waals surface area contributed by atoms with E-state index in [4.69, 9.17) is 11.6 Å². The topological polar surface area (TPSA) is 53.2 Å². The van der Waals surface area contributed by atoms with Crippen molar-refractivity contribution in [1.29, 1.82) is 0 Å². The van der Waals surface area contributed by atoms with Crippen molar-refractivity contribution >= 4 is 34.7 Å². The molecule has 1 aromatic heterocycles. The Morgan fingerprint density at radius 2 is 1.97 bits per heavy atom. The molecule has 1 fully saturated rings. The van der Waals surface area contributed by atoms with Gasteiger partial charge < -0.3 is 9.88 Å². The number of ketones is 1. The van der Waals surface area contributed by atoms with E-state index in [0.29, 0.717) is 25.0 Å². The number of allylic oxidation sites excluding steroid dienone is 1. The standard InChI is InChI=1S/C27H35ClN2O2S/c1-4-20-9-12-25(29-27(20)32)23(17-19-8-11-22(31)16-19)21-10-13-26(24(28)18-21)33-15-7-14-30(5-2)6-3/h9-10,12-13,17-19H,4-8,11,14-16H2,1-3H3,(H,29,32)/b23-17-/t19-/m0/s1. The van der Waals surface area contributed by atoms with Crippen LogP contribution in [0.2, 0.25) is 5.02 Å². The third-order valence-electron chi connectivity index (χ3n) is 6.36. The quantitative estimate of drug-likeness (QED) is 0.303. The number of H-pyrrole nitrogens is 1. The van der Waals surface area contributed by atoms with Crippen LogP contribution >= 0.6 is 23.4 Å². The second kappa shape index (κ2) is 12.6. The van der Waals surface area contributed by atoms with Gasteiger partial charge >= 0.3 is 0 Å². The smallest absolute Gasteiger partial charge is 0.251 e. The molecule has 1 atom stereocenters. The highest BCUT2D eigenvalue weighted by Crippen LogP contribution is 2.34. The van der Waals surface area contributed by atoms with Gasteiger partial charge in [-0.15, -0.1) is 11.8 Å². The molecule has 1 aromatic carbocycles. The number of nitrogens with one attached hydrogen (secondary N) is 1. The van der Waals surface area contributed by atoms with Crippen LogP contribution in [0.15, 0.2) is 46.1 Å². The molecule has 33 heavy (non-hydrogen) atoms. The van der Waals surface area contributed by atoms with Crippen LogP contribution in [0, 0.1) is 5.92 Å². The van der Waals surface area contributed by atoms with Gasteiger partial charge in [-0.1, -0.05) is 50.6 Å². The van der Waals surface area contributed by atoms with Crippen LogP contribution < -0.4 is 5.56 Å². The van der Waals surface area contributed by atoms with Crippen LogP contribution in [-0.2, 0) is 11.2 Å². The number of carbonyl (C=O) groups excluding carboxylic acids is 1. The van der Waals surface area contributed by atoms with Crippen LogP contribution in [0.1, 0.15) is 63.3 Å². The van der Waals surface area contributed by atoms with Gasteiger partial charge in [-0.2, -0.15) is 0 Å². The number of aromatic amines is 1. The van der Waals surface area contributed by atoms with Crippen molar-refractivity contribution in [3.63, 3.8) is 0 Å². The Morgan fingerprint density at radius 3 is 2.58 bits per heavy atom. The Balaban J connectivity index is 1.82. The number of hydrogen-bond donors (Lipinski definition) is 1. The van der Waals surface area contributed by atoms with Crippen LogP contribution in [0.3, 0.4) is 0 Å². The number of carbonyl (C=O) groups is 1. The van der Waals surface area contributed by atoms with Crippen LogP contribution in [0.5, 0.6) is 0 Å². The lowest BCUT2D eigenvalue weighted by atomic mass is 9.95. The highest BCUT2D eigenvalue weighted by Gasteiger charge is 2.22. The van der Waals surface area contributed by atoms with Crippen molar-refractivity contribution in [3.05, 3.63) is 68.6 Å². The Bertz CT molecular complexity index is 1040. The summed E-state index contributed by atoms with van der Waals surface area (Å²) in [5.41, 5.74) is 3.38. The number of hydrogen-bond acceptors (Lipinski definition) is 4. The maximum atomic E-state index is 12.5. The van der Waals surface area contributed by atoms with Crippen molar-refractivity contribution < 1.29 is 4.79 Å². The lowest BCUT2D eigenvalue weighted by Gasteiger charge is -2.17. The van der Waals surface area contributed by atoms with Crippen LogP contribution in [-0.4, -0.2) is 41.1 Å². The average Bonchev–Trinajstić information content (AvgIpc) is 3.23. The average molecular weight is 487 g/mol. The second-order valence-electron chi connectivity index (χ2n) is 8.58. The number of aromatic nitrogens is 1. The Kier molecular flexibility index (Phi) is 9.84. The largest absolute Gasteiger partial charge is 0.322 e. The molecule has 0 amide bonds. The fourth-order valence-corrected chi connectivity index (χ4v) is 5.50. The van der Waals surface area contributed by atoms with E-state index in [1.165, 1.54) is 0 Å². The van der Waals surface area contributed by atoms with Crippen molar-refractivity contribution in [1.82, 2.24) is 9.88 Å². The van der Waals surface area contributed by atoms with Crippen LogP contribution in [0.25, 0.3) is 5.57 Å². The number of pyridine rings is 1. The highest BCUT2D eigenvalue weighted by atomic mass is 35.5. The van der Waals surface area contributed by atoms with E-state index in [0.717, 1.165) is 70.5 Å². The minimum atomic E-state index is -0.0603. The summed E-state index contributed by atoms with van der Waals surface area (Å²) < 4.78 is 0. The first-order chi connectivity index (χ1) is 15.9. The van der Waals surface area contributed by atoms with Gasteiger partial charge in [0.25, 0.3) is 5.56 Å². The molecular weight excluding hydrogens is 452 g/mol. The predicted octanol–water partition coefficient (Wildman–Crippen LogP) is 6.22. The number of benzene rings is 1. The minimum absolute atomic E-state index is 0.0603. The molecule has 178 valence electrons. The molecular formula is C27H35ClN2O2S. The monoisotopic (exact) mass is 486 g/mol. The van der Waals surface area contributed by atoms with E-state index in [1.54, 1.807) is 11.8 Å².